The summed E-state index contributed by atoms with van der Waals surface area (Å²) in [5.41, 5.74) is 0.716. The summed E-state index contributed by atoms with van der Waals surface area (Å²) >= 11 is 9.26. The highest BCUT2D eigenvalue weighted by molar-refractivity contribution is 9.10. The fourth-order valence-electron chi connectivity index (χ4n) is 3.46. The van der Waals surface area contributed by atoms with Crippen LogP contribution in [0.15, 0.2) is 46.9 Å². The van der Waals surface area contributed by atoms with Crippen LogP contribution in [-0.4, -0.2) is 31.3 Å². The molecule has 0 bridgehead atoms. The maximum absolute atomic E-state index is 12.6. The molecule has 1 N–H and O–H groups in total. The van der Waals surface area contributed by atoms with Gasteiger partial charge in [0.2, 0.25) is 0 Å². The molecule has 0 aliphatic carbocycles. The van der Waals surface area contributed by atoms with Gasteiger partial charge in [-0.2, -0.15) is 0 Å². The van der Waals surface area contributed by atoms with Gasteiger partial charge in [-0.3, -0.25) is 9.59 Å². The van der Waals surface area contributed by atoms with Gasteiger partial charge in [0.25, 0.3) is 5.91 Å². The Morgan fingerprint density at radius 2 is 1.90 bits per heavy atom. The zero-order valence-corrected chi connectivity index (χ0v) is 19.5. The lowest BCUT2D eigenvalue weighted by Crippen LogP contribution is -2.41. The number of carbonyl (C=O) groups is 3. The van der Waals surface area contributed by atoms with E-state index in [4.69, 9.17) is 20.9 Å². The van der Waals surface area contributed by atoms with Crippen LogP contribution in [0, 0.1) is 5.92 Å². The number of rotatable bonds is 8. The van der Waals surface area contributed by atoms with Gasteiger partial charge in [0.05, 0.1) is 17.7 Å². The highest BCUT2D eigenvalue weighted by Crippen LogP contribution is 2.33. The van der Waals surface area contributed by atoms with Crippen molar-refractivity contribution in [3.63, 3.8) is 0 Å². The average Bonchev–Trinajstić information content (AvgIpc) is 2.73. The minimum Gasteiger partial charge on any atom is -0.525 e. The molecule has 0 aromatic heterocycles. The lowest BCUT2D eigenvalue weighted by molar-refractivity contribution is -0.118. The Morgan fingerprint density at radius 1 is 1.16 bits per heavy atom. The summed E-state index contributed by atoms with van der Waals surface area (Å²) in [7, 11) is -0.855. The second kappa shape index (κ2) is 10.3. The minimum atomic E-state index is -0.855. The Balaban J connectivity index is 1.64. The first kappa shape index (κ1) is 23.4. The topological polar surface area (TPSA) is 81.7 Å². The molecule has 0 saturated heterocycles. The molecule has 9 heteroatoms. The maximum atomic E-state index is 12.6. The fraction of sp³-hybridized carbons (Fsp3) is 0.318. The van der Waals surface area contributed by atoms with E-state index in [-0.39, 0.29) is 30.5 Å². The molecule has 1 heterocycles. The average molecular weight is 507 g/mol. The van der Waals surface area contributed by atoms with Crippen LogP contribution in [0.25, 0.3) is 0 Å². The van der Waals surface area contributed by atoms with Crippen molar-refractivity contribution in [2.24, 2.45) is 5.92 Å². The molecule has 162 valence electrons. The molecule has 31 heavy (non-hydrogen) atoms. The number of hydrogen-bond acceptors (Lipinski definition) is 5. The smallest absolute Gasteiger partial charge is 0.525 e. The lowest BCUT2D eigenvalue weighted by atomic mass is 9.64. The first-order valence-electron chi connectivity index (χ1n) is 9.96. The molecule has 2 aromatic carbocycles. The standard InChI is InChI=1S/C22H22BBrClNO5/c1-13(2)9-14(23-30-20-6-4-3-5-17(20)22(29)31-23)10-16(27)12-26-21(28)18-11-15(25)7-8-19(18)24/h3-8,11,13-14H,9-10,12H2,1-2H3,(H,26,28)/t14-/m1/s1. The minimum absolute atomic E-state index is 0.106. The van der Waals surface area contributed by atoms with E-state index in [0.717, 1.165) is 0 Å². The number of Topliss-reactive ketones (excluding diaryl/α,β-unsaturated/α-hetero) is 1. The first-order valence-corrected chi connectivity index (χ1v) is 11.1. The summed E-state index contributed by atoms with van der Waals surface area (Å²) < 4.78 is 11.9. The lowest BCUT2D eigenvalue weighted by Gasteiger charge is -2.28. The normalized spacial score (nSPS) is 13.8. The monoisotopic (exact) mass is 505 g/mol. The van der Waals surface area contributed by atoms with E-state index >= 15 is 0 Å². The van der Waals surface area contributed by atoms with E-state index in [1.807, 2.05) is 13.8 Å². The molecular formula is C22H22BBrClNO5. The molecule has 0 saturated carbocycles. The first-order chi connectivity index (χ1) is 14.7. The molecular weight excluding hydrogens is 484 g/mol. The molecule has 0 fully saturated rings. The summed E-state index contributed by atoms with van der Waals surface area (Å²) in [5.74, 6) is -0.682. The molecule has 3 rings (SSSR count). The Kier molecular flexibility index (Phi) is 7.78. The number of carbonyl (C=O) groups excluding carboxylic acids is 3. The van der Waals surface area contributed by atoms with Crippen molar-refractivity contribution in [1.82, 2.24) is 5.32 Å². The number of fused-ring (bicyclic) bond motifs is 1. The molecule has 1 aliphatic rings. The highest BCUT2D eigenvalue weighted by atomic mass is 79.9. The number of para-hydroxylation sites is 1. The molecule has 1 aliphatic heterocycles. The maximum Gasteiger partial charge on any atom is 0.600 e. The molecule has 2 aromatic rings. The van der Waals surface area contributed by atoms with Crippen LogP contribution in [-0.2, 0) is 9.45 Å². The largest absolute Gasteiger partial charge is 0.600 e. The van der Waals surface area contributed by atoms with Gasteiger partial charge in [-0.05, 0) is 58.6 Å². The SMILES string of the molecule is CC(C)C[C@H](CC(=O)CNC(=O)c1cc(Cl)ccc1Br)B1OC(=O)c2ccccc2O1. The van der Waals surface area contributed by atoms with E-state index < -0.39 is 19.0 Å². The third kappa shape index (κ3) is 6.11. The van der Waals surface area contributed by atoms with E-state index in [9.17, 15) is 14.4 Å². The van der Waals surface area contributed by atoms with Gasteiger partial charge in [-0.15, -0.1) is 0 Å². The summed E-state index contributed by atoms with van der Waals surface area (Å²) in [4.78, 5) is 37.4. The second-order valence-electron chi connectivity index (χ2n) is 7.83. The molecule has 1 amide bonds. The number of benzene rings is 2. The quantitative estimate of drug-likeness (QED) is 0.513. The molecule has 1 atom stereocenters. The third-order valence-electron chi connectivity index (χ3n) is 4.84. The number of ketones is 1. The number of halogens is 2. The van der Waals surface area contributed by atoms with Gasteiger partial charge in [-0.1, -0.05) is 37.6 Å². The highest BCUT2D eigenvalue weighted by Gasteiger charge is 2.41. The van der Waals surface area contributed by atoms with Crippen LogP contribution in [0.3, 0.4) is 0 Å². The Hall–Kier alpha value is -2.32. The van der Waals surface area contributed by atoms with E-state index in [1.54, 1.807) is 36.4 Å². The predicted octanol–water partition coefficient (Wildman–Crippen LogP) is 4.95. The van der Waals surface area contributed by atoms with Gasteiger partial charge in [0.15, 0.2) is 5.78 Å². The third-order valence-corrected chi connectivity index (χ3v) is 5.77. The molecule has 0 spiro atoms. The molecule has 0 radical (unpaired) electrons. The van der Waals surface area contributed by atoms with Gasteiger partial charge >= 0.3 is 13.1 Å². The Morgan fingerprint density at radius 3 is 2.65 bits per heavy atom. The Labute approximate surface area is 194 Å². The van der Waals surface area contributed by atoms with Gasteiger partial charge in [0, 0.05) is 21.7 Å². The van der Waals surface area contributed by atoms with E-state index in [0.29, 0.717) is 32.8 Å². The van der Waals surface area contributed by atoms with Gasteiger partial charge < -0.3 is 14.6 Å². The van der Waals surface area contributed by atoms with Crippen LogP contribution in [0.5, 0.6) is 5.75 Å². The number of nitrogens with one attached hydrogen (secondary N) is 1. The molecule has 0 unspecified atom stereocenters. The van der Waals surface area contributed by atoms with Crippen LogP contribution in [0.4, 0.5) is 0 Å². The van der Waals surface area contributed by atoms with Crippen molar-refractivity contribution in [2.45, 2.75) is 32.5 Å². The summed E-state index contributed by atoms with van der Waals surface area (Å²) in [6, 6.07) is 11.7. The van der Waals surface area contributed by atoms with E-state index in [1.165, 1.54) is 6.07 Å². The second-order valence-corrected chi connectivity index (χ2v) is 9.12. The summed E-state index contributed by atoms with van der Waals surface area (Å²) in [6.07, 6.45) is 0.731. The predicted molar refractivity (Wildman–Crippen MR) is 123 cm³/mol. The number of hydrogen-bond donors (Lipinski definition) is 1. The van der Waals surface area contributed by atoms with Crippen LogP contribution >= 0.6 is 27.5 Å². The van der Waals surface area contributed by atoms with Crippen LogP contribution in [0.2, 0.25) is 10.8 Å². The van der Waals surface area contributed by atoms with E-state index in [2.05, 4.69) is 21.2 Å². The van der Waals surface area contributed by atoms with Crippen LogP contribution in [0.1, 0.15) is 47.4 Å². The summed E-state index contributed by atoms with van der Waals surface area (Å²) in [6.45, 7) is 3.90. The van der Waals surface area contributed by atoms with Crippen molar-refractivity contribution in [1.29, 1.82) is 0 Å². The summed E-state index contributed by atoms with van der Waals surface area (Å²) in [5, 5.41) is 3.05. The van der Waals surface area contributed by atoms with Gasteiger partial charge in [-0.25, -0.2) is 4.79 Å². The van der Waals surface area contributed by atoms with Crippen molar-refractivity contribution >= 4 is 52.3 Å². The number of amides is 1. The molecule has 6 nitrogen and oxygen atoms in total. The van der Waals surface area contributed by atoms with Crippen LogP contribution < -0.4 is 9.97 Å². The van der Waals surface area contributed by atoms with Crippen molar-refractivity contribution in [3.8, 4) is 5.75 Å². The zero-order chi connectivity index (χ0) is 22.5. The van der Waals surface area contributed by atoms with Crippen molar-refractivity contribution in [3.05, 3.63) is 63.1 Å². The van der Waals surface area contributed by atoms with Crippen molar-refractivity contribution in [2.75, 3.05) is 6.54 Å². The van der Waals surface area contributed by atoms with Crippen molar-refractivity contribution < 1.29 is 23.7 Å². The fourth-order valence-corrected chi connectivity index (χ4v) is 4.05. The van der Waals surface area contributed by atoms with Gasteiger partial charge in [0.1, 0.15) is 5.75 Å². The Bertz CT molecular complexity index is 1000. The zero-order valence-electron chi connectivity index (χ0n) is 17.2.